The van der Waals surface area contributed by atoms with Gasteiger partial charge in [0, 0.05) is 11.6 Å². The lowest BCUT2D eigenvalue weighted by Gasteiger charge is -2.43. The second kappa shape index (κ2) is 9.93. The highest BCUT2D eigenvalue weighted by Crippen LogP contribution is 2.46. The van der Waals surface area contributed by atoms with Crippen LogP contribution in [0.1, 0.15) is 36.1 Å². The van der Waals surface area contributed by atoms with Crippen LogP contribution in [0.4, 0.5) is 11.4 Å². The van der Waals surface area contributed by atoms with Gasteiger partial charge in [0.25, 0.3) is 20.0 Å². The van der Waals surface area contributed by atoms with Crippen molar-refractivity contribution in [3.8, 4) is 0 Å². The molecule has 1 aliphatic heterocycles. The van der Waals surface area contributed by atoms with Gasteiger partial charge in [-0.2, -0.15) is 0 Å². The van der Waals surface area contributed by atoms with Crippen molar-refractivity contribution in [1.29, 1.82) is 0 Å². The SMILES string of the molecule is Cc1ccc(S(=O)(=O)N2c3ccccc3C(N(c3ccccc3)S(=O)(=O)c3ccc(C)cc3)CC2C)cc1. The van der Waals surface area contributed by atoms with Crippen LogP contribution in [0.25, 0.3) is 0 Å². The van der Waals surface area contributed by atoms with Crippen molar-refractivity contribution in [3.63, 3.8) is 0 Å². The first-order chi connectivity index (χ1) is 18.1. The molecule has 196 valence electrons. The molecule has 2 atom stereocenters. The van der Waals surface area contributed by atoms with E-state index in [1.54, 1.807) is 84.9 Å². The molecule has 1 aliphatic rings. The standard InChI is InChI=1S/C30H30N2O4S2/c1-22-13-17-26(18-14-22)37(33,34)31-24(3)21-30(28-11-7-8-12-29(28)31)32(25-9-5-4-6-10-25)38(35,36)27-19-15-23(2)16-20-27/h4-20,24,30H,21H2,1-3H3. The number of fused-ring (bicyclic) bond motifs is 1. The van der Waals surface area contributed by atoms with Crippen LogP contribution in [0.3, 0.4) is 0 Å². The van der Waals surface area contributed by atoms with Gasteiger partial charge in [-0.1, -0.05) is 71.8 Å². The molecule has 0 aliphatic carbocycles. The Morgan fingerprint density at radius 1 is 0.684 bits per heavy atom. The van der Waals surface area contributed by atoms with Crippen LogP contribution >= 0.6 is 0 Å². The number of hydrogen-bond donors (Lipinski definition) is 0. The Balaban J connectivity index is 1.68. The lowest BCUT2D eigenvalue weighted by atomic mass is 9.93. The zero-order chi connectivity index (χ0) is 27.1. The molecule has 8 heteroatoms. The van der Waals surface area contributed by atoms with Gasteiger partial charge in [-0.15, -0.1) is 0 Å². The van der Waals surface area contributed by atoms with Crippen molar-refractivity contribution >= 4 is 31.4 Å². The van der Waals surface area contributed by atoms with Gasteiger partial charge >= 0.3 is 0 Å². The van der Waals surface area contributed by atoms with Gasteiger partial charge in [0.1, 0.15) is 0 Å². The van der Waals surface area contributed by atoms with Gasteiger partial charge in [0.05, 0.1) is 27.2 Å². The van der Waals surface area contributed by atoms with Crippen molar-refractivity contribution in [3.05, 3.63) is 120 Å². The highest BCUT2D eigenvalue weighted by Gasteiger charge is 2.43. The van der Waals surface area contributed by atoms with E-state index in [1.807, 2.05) is 39.0 Å². The van der Waals surface area contributed by atoms with E-state index < -0.39 is 32.1 Å². The monoisotopic (exact) mass is 546 g/mol. The van der Waals surface area contributed by atoms with E-state index in [0.29, 0.717) is 16.9 Å². The van der Waals surface area contributed by atoms with Gasteiger partial charge < -0.3 is 0 Å². The Morgan fingerprint density at radius 2 is 1.21 bits per heavy atom. The molecule has 4 aromatic carbocycles. The second-order valence-corrected chi connectivity index (χ2v) is 13.4. The summed E-state index contributed by atoms with van der Waals surface area (Å²) in [6.45, 7) is 5.65. The van der Waals surface area contributed by atoms with Crippen LogP contribution in [0.15, 0.2) is 113 Å². The number of aryl methyl sites for hydroxylation is 2. The van der Waals surface area contributed by atoms with Crippen molar-refractivity contribution in [2.45, 2.75) is 49.1 Å². The van der Waals surface area contributed by atoms with Crippen LogP contribution in [0.2, 0.25) is 0 Å². The topological polar surface area (TPSA) is 74.8 Å². The quantitative estimate of drug-likeness (QED) is 0.287. The summed E-state index contributed by atoms with van der Waals surface area (Å²) in [5.41, 5.74) is 3.58. The Hall–Kier alpha value is -3.62. The van der Waals surface area contributed by atoms with Crippen LogP contribution in [0.5, 0.6) is 0 Å². The molecule has 0 saturated heterocycles. The molecule has 1 heterocycles. The zero-order valence-corrected chi connectivity index (χ0v) is 23.2. The van der Waals surface area contributed by atoms with Crippen LogP contribution in [-0.2, 0) is 20.0 Å². The van der Waals surface area contributed by atoms with E-state index in [-0.39, 0.29) is 16.2 Å². The third-order valence-corrected chi connectivity index (χ3v) is 10.7. The maximum absolute atomic E-state index is 14.2. The van der Waals surface area contributed by atoms with Gasteiger partial charge in [-0.25, -0.2) is 16.8 Å². The molecule has 0 saturated carbocycles. The molecule has 5 rings (SSSR count). The van der Waals surface area contributed by atoms with Crippen molar-refractivity contribution < 1.29 is 16.8 Å². The number of benzene rings is 4. The second-order valence-electron chi connectivity index (χ2n) is 9.72. The average Bonchev–Trinajstić information content (AvgIpc) is 2.89. The molecular formula is C30H30N2O4S2. The van der Waals surface area contributed by atoms with Crippen LogP contribution in [-0.4, -0.2) is 22.9 Å². The zero-order valence-electron chi connectivity index (χ0n) is 21.5. The first-order valence-corrected chi connectivity index (χ1v) is 15.3. The molecule has 4 aromatic rings. The summed E-state index contributed by atoms with van der Waals surface area (Å²) in [5.74, 6) is 0. The number of rotatable bonds is 6. The van der Waals surface area contributed by atoms with E-state index in [1.165, 1.54) is 8.61 Å². The Labute approximate surface area is 225 Å². The molecule has 0 aromatic heterocycles. The van der Waals surface area contributed by atoms with E-state index in [4.69, 9.17) is 0 Å². The molecule has 0 fully saturated rings. The highest BCUT2D eigenvalue weighted by molar-refractivity contribution is 7.93. The van der Waals surface area contributed by atoms with Crippen LogP contribution in [0, 0.1) is 13.8 Å². The molecular weight excluding hydrogens is 516 g/mol. The third-order valence-electron chi connectivity index (χ3n) is 6.95. The minimum atomic E-state index is -3.98. The van der Waals surface area contributed by atoms with Crippen molar-refractivity contribution in [1.82, 2.24) is 0 Å². The molecule has 0 spiro atoms. The summed E-state index contributed by atoms with van der Waals surface area (Å²) in [6.07, 6.45) is 0.280. The summed E-state index contributed by atoms with van der Waals surface area (Å²) in [7, 11) is -7.86. The van der Waals surface area contributed by atoms with Gasteiger partial charge in [-0.05, 0) is 69.7 Å². The Morgan fingerprint density at radius 3 is 1.82 bits per heavy atom. The summed E-state index contributed by atoms with van der Waals surface area (Å²) in [5, 5.41) is 0. The minimum Gasteiger partial charge on any atom is -0.263 e. The number of anilines is 2. The molecule has 0 radical (unpaired) electrons. The third kappa shape index (κ3) is 4.59. The highest BCUT2D eigenvalue weighted by atomic mass is 32.2. The molecule has 38 heavy (non-hydrogen) atoms. The van der Waals surface area contributed by atoms with E-state index in [2.05, 4.69) is 0 Å². The molecule has 0 amide bonds. The van der Waals surface area contributed by atoms with Gasteiger partial charge in [-0.3, -0.25) is 8.61 Å². The normalized spacial score (nSPS) is 17.6. The minimum absolute atomic E-state index is 0.187. The Kier molecular flexibility index (Phi) is 6.79. The first-order valence-electron chi connectivity index (χ1n) is 12.5. The van der Waals surface area contributed by atoms with Crippen LogP contribution < -0.4 is 8.61 Å². The number of para-hydroxylation sites is 2. The molecule has 0 bridgehead atoms. The molecule has 6 nitrogen and oxygen atoms in total. The average molecular weight is 547 g/mol. The fraction of sp³-hybridized carbons (Fsp3) is 0.200. The molecule has 0 N–H and O–H groups in total. The summed E-state index contributed by atoms with van der Waals surface area (Å²) in [4.78, 5) is 0.391. The van der Waals surface area contributed by atoms with Gasteiger partial charge in [0.15, 0.2) is 0 Å². The number of hydrogen-bond acceptors (Lipinski definition) is 4. The lowest BCUT2D eigenvalue weighted by molar-refractivity contribution is 0.511. The lowest BCUT2D eigenvalue weighted by Crippen LogP contribution is -2.47. The number of sulfonamides is 2. The fourth-order valence-corrected chi connectivity index (χ4v) is 8.38. The van der Waals surface area contributed by atoms with E-state index >= 15 is 0 Å². The van der Waals surface area contributed by atoms with E-state index in [0.717, 1.165) is 11.1 Å². The Bertz CT molecular complexity index is 1650. The van der Waals surface area contributed by atoms with Crippen molar-refractivity contribution in [2.24, 2.45) is 0 Å². The van der Waals surface area contributed by atoms with E-state index in [9.17, 15) is 16.8 Å². The summed E-state index contributed by atoms with van der Waals surface area (Å²) in [6, 6.07) is 28.7. The maximum Gasteiger partial charge on any atom is 0.264 e. The number of nitrogens with zero attached hydrogens (tertiary/aromatic N) is 2. The smallest absolute Gasteiger partial charge is 0.263 e. The summed E-state index contributed by atoms with van der Waals surface area (Å²) < 4.78 is 59.0. The maximum atomic E-state index is 14.2. The van der Waals surface area contributed by atoms with Crippen molar-refractivity contribution in [2.75, 3.05) is 8.61 Å². The van der Waals surface area contributed by atoms with Gasteiger partial charge in [0.2, 0.25) is 0 Å². The fourth-order valence-electron chi connectivity index (χ4n) is 5.05. The molecule has 2 unspecified atom stereocenters. The largest absolute Gasteiger partial charge is 0.264 e. The first kappa shape index (κ1) is 26.0. The predicted octanol–water partition coefficient (Wildman–Crippen LogP) is 6.23. The predicted molar refractivity (Wildman–Crippen MR) is 151 cm³/mol. The summed E-state index contributed by atoms with van der Waals surface area (Å²) >= 11 is 0.